The number of aromatic nitrogens is 1. The van der Waals surface area contributed by atoms with Crippen LogP contribution in [0.3, 0.4) is 0 Å². The molecule has 0 saturated carbocycles. The zero-order chi connectivity index (χ0) is 26.6. The predicted molar refractivity (Wildman–Crippen MR) is 148 cm³/mol. The lowest BCUT2D eigenvalue weighted by atomic mass is 9.74. The van der Waals surface area contributed by atoms with Crippen molar-refractivity contribution < 1.29 is 14.3 Å². The smallest absolute Gasteiger partial charge is 0.407 e. The molecule has 8 nitrogen and oxygen atoms in total. The summed E-state index contributed by atoms with van der Waals surface area (Å²) in [5.74, 6) is 0.941. The number of nitrogens with one attached hydrogen (secondary N) is 2. The van der Waals surface area contributed by atoms with E-state index < -0.39 is 11.7 Å². The first-order valence-corrected chi connectivity index (χ1v) is 13.5. The van der Waals surface area contributed by atoms with Crippen molar-refractivity contribution in [3.63, 3.8) is 0 Å². The predicted octanol–water partition coefficient (Wildman–Crippen LogP) is 4.81. The van der Waals surface area contributed by atoms with Gasteiger partial charge in [0.2, 0.25) is 5.91 Å². The molecule has 3 heterocycles. The number of amides is 2. The second-order valence-electron chi connectivity index (χ2n) is 10.8. The molecule has 2 amide bonds. The van der Waals surface area contributed by atoms with Crippen LogP contribution >= 0.6 is 11.6 Å². The van der Waals surface area contributed by atoms with Gasteiger partial charge in [-0.15, -0.1) is 0 Å². The number of benzene rings is 1. The molecule has 0 spiro atoms. The van der Waals surface area contributed by atoms with Gasteiger partial charge in [0.25, 0.3) is 0 Å². The molecule has 1 atom stereocenters. The van der Waals surface area contributed by atoms with Gasteiger partial charge in [0.15, 0.2) is 0 Å². The Morgan fingerprint density at radius 1 is 1.24 bits per heavy atom. The average molecular weight is 528 g/mol. The van der Waals surface area contributed by atoms with Crippen molar-refractivity contribution >= 4 is 35.1 Å². The number of hydrogen-bond donors (Lipinski definition) is 2. The van der Waals surface area contributed by atoms with E-state index in [9.17, 15) is 9.59 Å². The largest absolute Gasteiger partial charge is 0.444 e. The zero-order valence-electron chi connectivity index (χ0n) is 22.3. The molecule has 200 valence electrons. The summed E-state index contributed by atoms with van der Waals surface area (Å²) in [6.45, 7) is 11.7. The number of pyridine rings is 1. The molecule has 1 saturated heterocycles. The van der Waals surface area contributed by atoms with Crippen LogP contribution in [0, 0.1) is 0 Å². The third-order valence-electron chi connectivity index (χ3n) is 7.12. The van der Waals surface area contributed by atoms with Gasteiger partial charge in [-0.3, -0.25) is 9.69 Å². The molecule has 0 radical (unpaired) electrons. The number of hydrogen-bond acceptors (Lipinski definition) is 6. The minimum Gasteiger partial charge on any atom is -0.444 e. The summed E-state index contributed by atoms with van der Waals surface area (Å²) in [7, 11) is 0. The number of unbranched alkanes of at least 4 members (excludes halogenated alkanes) is 1. The molecule has 2 aliphatic rings. The van der Waals surface area contributed by atoms with Gasteiger partial charge in [-0.1, -0.05) is 30.7 Å². The number of rotatable bonds is 8. The summed E-state index contributed by atoms with van der Waals surface area (Å²) in [6.07, 6.45) is 3.94. The average Bonchev–Trinajstić information content (AvgIpc) is 3.24. The molecule has 37 heavy (non-hydrogen) atoms. The molecule has 0 aliphatic carbocycles. The van der Waals surface area contributed by atoms with Crippen LogP contribution in [-0.2, 0) is 14.9 Å². The molecule has 4 rings (SSSR count). The molecular formula is C28H38ClN5O3. The quantitative estimate of drug-likeness (QED) is 0.479. The lowest BCUT2D eigenvalue weighted by Gasteiger charge is -2.35. The Bertz CT molecular complexity index is 1140. The molecule has 1 aromatic carbocycles. The topological polar surface area (TPSA) is 86.8 Å². The van der Waals surface area contributed by atoms with Gasteiger partial charge in [0.05, 0.1) is 6.54 Å². The van der Waals surface area contributed by atoms with Crippen LogP contribution in [0.1, 0.15) is 58.1 Å². The Morgan fingerprint density at radius 3 is 2.78 bits per heavy atom. The molecule has 9 heteroatoms. The van der Waals surface area contributed by atoms with Crippen LogP contribution in [-0.4, -0.2) is 66.8 Å². The molecule has 2 aromatic rings. The van der Waals surface area contributed by atoms with Gasteiger partial charge in [-0.05, 0) is 70.3 Å². The number of nitrogens with zero attached hydrogens (tertiary/aromatic N) is 3. The van der Waals surface area contributed by atoms with Crippen LogP contribution in [0.2, 0.25) is 5.02 Å². The van der Waals surface area contributed by atoms with Gasteiger partial charge in [0.1, 0.15) is 11.4 Å². The Kier molecular flexibility index (Phi) is 8.29. The monoisotopic (exact) mass is 527 g/mol. The molecule has 1 fully saturated rings. The number of alkyl carbamates (subject to hydrolysis) is 1. The van der Waals surface area contributed by atoms with Gasteiger partial charge < -0.3 is 20.3 Å². The van der Waals surface area contributed by atoms with Crippen LogP contribution in [0.5, 0.6) is 0 Å². The van der Waals surface area contributed by atoms with Gasteiger partial charge in [0, 0.05) is 54.1 Å². The highest BCUT2D eigenvalue weighted by Gasteiger charge is 2.42. The first-order valence-electron chi connectivity index (χ1n) is 13.1. The summed E-state index contributed by atoms with van der Waals surface area (Å²) < 4.78 is 5.26. The van der Waals surface area contributed by atoms with Crippen molar-refractivity contribution in [2.24, 2.45) is 0 Å². The molecule has 1 unspecified atom stereocenters. The first kappa shape index (κ1) is 27.2. The Hall–Kier alpha value is -2.84. The SMILES string of the molecule is CCC1(c2cccc(N3CCN(CCCCNC(=O)OC(C)(C)C)CC3=O)c2)CNc2nccc(Cl)c21. The normalized spacial score (nSPS) is 19.9. The Morgan fingerprint density at radius 2 is 2.05 bits per heavy atom. The fourth-order valence-electron chi connectivity index (χ4n) is 5.23. The lowest BCUT2D eigenvalue weighted by molar-refractivity contribution is -0.121. The minimum atomic E-state index is -0.497. The maximum absolute atomic E-state index is 13.1. The number of anilines is 2. The highest BCUT2D eigenvalue weighted by atomic mass is 35.5. The lowest BCUT2D eigenvalue weighted by Crippen LogP contribution is -2.50. The molecule has 2 N–H and O–H groups in total. The van der Waals surface area contributed by atoms with E-state index >= 15 is 0 Å². The second-order valence-corrected chi connectivity index (χ2v) is 11.2. The van der Waals surface area contributed by atoms with E-state index in [1.165, 1.54) is 0 Å². The first-order chi connectivity index (χ1) is 17.6. The van der Waals surface area contributed by atoms with Crippen molar-refractivity contribution in [3.05, 3.63) is 52.7 Å². The van der Waals surface area contributed by atoms with Crippen molar-refractivity contribution in [1.29, 1.82) is 0 Å². The van der Waals surface area contributed by atoms with E-state index in [0.29, 0.717) is 24.7 Å². The van der Waals surface area contributed by atoms with E-state index in [4.69, 9.17) is 16.3 Å². The molecule has 0 bridgehead atoms. The molecular weight excluding hydrogens is 490 g/mol. The van der Waals surface area contributed by atoms with Crippen LogP contribution in [0.25, 0.3) is 0 Å². The number of halogens is 1. The zero-order valence-corrected chi connectivity index (χ0v) is 23.0. The fraction of sp³-hybridized carbons (Fsp3) is 0.536. The van der Waals surface area contributed by atoms with Crippen LogP contribution in [0.4, 0.5) is 16.3 Å². The fourth-order valence-corrected chi connectivity index (χ4v) is 5.55. The molecule has 2 aliphatic heterocycles. The third kappa shape index (κ3) is 6.18. The van der Waals surface area contributed by atoms with E-state index in [1.54, 1.807) is 6.20 Å². The van der Waals surface area contributed by atoms with E-state index in [2.05, 4.69) is 39.6 Å². The third-order valence-corrected chi connectivity index (χ3v) is 7.43. The van der Waals surface area contributed by atoms with Gasteiger partial charge in [-0.2, -0.15) is 0 Å². The van der Waals surface area contributed by atoms with E-state index in [0.717, 1.165) is 61.5 Å². The number of fused-ring (bicyclic) bond motifs is 1. The summed E-state index contributed by atoms with van der Waals surface area (Å²) in [5, 5.41) is 6.93. The molecule has 1 aromatic heterocycles. The van der Waals surface area contributed by atoms with Crippen molar-refractivity contribution in [3.8, 4) is 0 Å². The maximum atomic E-state index is 13.1. The Labute approximate surface area is 224 Å². The van der Waals surface area contributed by atoms with Crippen molar-refractivity contribution in [2.45, 2.75) is 58.0 Å². The van der Waals surface area contributed by atoms with Crippen molar-refractivity contribution in [2.75, 3.05) is 49.5 Å². The van der Waals surface area contributed by atoms with Crippen molar-refractivity contribution in [1.82, 2.24) is 15.2 Å². The van der Waals surface area contributed by atoms with Gasteiger partial charge >= 0.3 is 6.09 Å². The number of ether oxygens (including phenoxy) is 1. The summed E-state index contributed by atoms with van der Waals surface area (Å²) in [5.41, 5.74) is 2.32. The second kappa shape index (κ2) is 11.3. The standard InChI is InChI=1S/C28H38ClN5O3/c1-5-28(19-32-25-24(28)22(29)11-13-30-25)20-9-8-10-21(17-20)34-16-15-33(18-23(34)35)14-7-6-12-31-26(36)37-27(2,3)4/h8-11,13,17H,5-7,12,14-16,18-19H2,1-4H3,(H,30,32)(H,31,36). The van der Waals surface area contributed by atoms with E-state index in [-0.39, 0.29) is 11.3 Å². The minimum absolute atomic E-state index is 0.102. The maximum Gasteiger partial charge on any atom is 0.407 e. The highest BCUT2D eigenvalue weighted by molar-refractivity contribution is 6.32. The number of carbonyl (C=O) groups excluding carboxylic acids is 2. The highest BCUT2D eigenvalue weighted by Crippen LogP contribution is 2.47. The number of piperazine rings is 1. The Balaban J connectivity index is 1.33. The summed E-state index contributed by atoms with van der Waals surface area (Å²) in [6, 6.07) is 10.1. The summed E-state index contributed by atoms with van der Waals surface area (Å²) >= 11 is 6.64. The van der Waals surface area contributed by atoms with Crippen LogP contribution < -0.4 is 15.5 Å². The summed E-state index contributed by atoms with van der Waals surface area (Å²) in [4.78, 5) is 33.4. The van der Waals surface area contributed by atoms with E-state index in [1.807, 2.05) is 43.9 Å². The number of carbonyl (C=O) groups is 2. The van der Waals surface area contributed by atoms with Gasteiger partial charge in [-0.25, -0.2) is 9.78 Å². The van der Waals surface area contributed by atoms with Crippen LogP contribution in [0.15, 0.2) is 36.5 Å².